The molecule has 0 bridgehead atoms. The van der Waals surface area contributed by atoms with Crippen LogP contribution in [-0.4, -0.2) is 47.7 Å². The standard InChI is InChI=1S/C24H22FN7O/c1-4-22(33)31-12-16(9-14(31)2)32-20-7-8-27-24(26)23(20)18(29-32)6-5-15-10-19-21(11-17(15)25)30(3)13-28-19/h4,7-8,10-11,13-14,16H,1,9,12H2,2-3H3,(H2,26,27)/t14-,16-/m0/s1. The predicted molar refractivity (Wildman–Crippen MR) is 124 cm³/mol. The van der Waals surface area contributed by atoms with Crippen molar-refractivity contribution in [1.82, 2.24) is 29.2 Å². The molecule has 9 heteroatoms. The second kappa shape index (κ2) is 7.74. The summed E-state index contributed by atoms with van der Waals surface area (Å²) in [6.45, 7) is 6.09. The Morgan fingerprint density at radius 3 is 2.91 bits per heavy atom. The molecule has 166 valence electrons. The molecular formula is C24H22FN7O. The molecular weight excluding hydrogens is 421 g/mol. The molecule has 1 fully saturated rings. The third-order valence-corrected chi connectivity index (χ3v) is 6.14. The van der Waals surface area contributed by atoms with Crippen molar-refractivity contribution in [2.45, 2.75) is 25.4 Å². The van der Waals surface area contributed by atoms with Crippen LogP contribution >= 0.6 is 0 Å². The first-order valence-electron chi connectivity index (χ1n) is 10.6. The SMILES string of the molecule is C=CC(=O)N1C[C@@H](n2nc(C#Cc3cc4ncn(C)c4cc3F)c3c(N)nccc32)C[C@@H]1C. The molecule has 0 radical (unpaired) electrons. The number of nitrogens with zero attached hydrogens (tertiary/aromatic N) is 6. The lowest BCUT2D eigenvalue weighted by Crippen LogP contribution is -2.32. The number of carbonyl (C=O) groups is 1. The van der Waals surface area contributed by atoms with Crippen molar-refractivity contribution >= 4 is 33.7 Å². The van der Waals surface area contributed by atoms with Gasteiger partial charge in [-0.3, -0.25) is 9.48 Å². The van der Waals surface area contributed by atoms with E-state index in [1.54, 1.807) is 28.1 Å². The smallest absolute Gasteiger partial charge is 0.246 e. The first kappa shape index (κ1) is 20.7. The van der Waals surface area contributed by atoms with E-state index in [0.29, 0.717) is 34.5 Å². The van der Waals surface area contributed by atoms with Gasteiger partial charge in [-0.2, -0.15) is 5.10 Å². The molecule has 4 aromatic rings. The summed E-state index contributed by atoms with van der Waals surface area (Å²) >= 11 is 0. The van der Waals surface area contributed by atoms with E-state index >= 15 is 0 Å². The highest BCUT2D eigenvalue weighted by Crippen LogP contribution is 2.32. The molecule has 0 aliphatic carbocycles. The molecule has 0 unspecified atom stereocenters. The maximum Gasteiger partial charge on any atom is 0.246 e. The van der Waals surface area contributed by atoms with Crippen molar-refractivity contribution < 1.29 is 9.18 Å². The topological polar surface area (TPSA) is 94.9 Å². The molecule has 1 amide bonds. The highest BCUT2D eigenvalue weighted by Gasteiger charge is 2.34. The molecule has 1 aliphatic rings. The summed E-state index contributed by atoms with van der Waals surface area (Å²) in [5, 5.41) is 5.33. The zero-order chi connectivity index (χ0) is 23.3. The molecule has 2 atom stereocenters. The summed E-state index contributed by atoms with van der Waals surface area (Å²) in [6, 6.07) is 4.87. The van der Waals surface area contributed by atoms with Crippen LogP contribution in [0.2, 0.25) is 0 Å². The predicted octanol–water partition coefficient (Wildman–Crippen LogP) is 2.79. The highest BCUT2D eigenvalue weighted by molar-refractivity contribution is 5.93. The Hall–Kier alpha value is -4.19. The highest BCUT2D eigenvalue weighted by atomic mass is 19.1. The average molecular weight is 443 g/mol. The van der Waals surface area contributed by atoms with Gasteiger partial charge in [-0.25, -0.2) is 14.4 Å². The fraction of sp³-hybridized carbons (Fsp3) is 0.250. The van der Waals surface area contributed by atoms with Crippen molar-refractivity contribution in [3.63, 3.8) is 0 Å². The molecule has 0 spiro atoms. The third kappa shape index (κ3) is 3.40. The number of halogens is 1. The largest absolute Gasteiger partial charge is 0.383 e. The minimum atomic E-state index is -0.434. The number of imidazole rings is 1. The monoisotopic (exact) mass is 443 g/mol. The van der Waals surface area contributed by atoms with Crippen molar-refractivity contribution in [3.05, 3.63) is 60.5 Å². The van der Waals surface area contributed by atoms with Gasteiger partial charge in [0.15, 0.2) is 0 Å². The van der Waals surface area contributed by atoms with Gasteiger partial charge in [0.2, 0.25) is 5.91 Å². The van der Waals surface area contributed by atoms with Gasteiger partial charge < -0.3 is 15.2 Å². The van der Waals surface area contributed by atoms with Gasteiger partial charge in [0.1, 0.15) is 17.3 Å². The van der Waals surface area contributed by atoms with Crippen LogP contribution in [0, 0.1) is 17.7 Å². The average Bonchev–Trinajstić information content (AvgIpc) is 3.47. The molecule has 4 heterocycles. The van der Waals surface area contributed by atoms with Gasteiger partial charge in [0.25, 0.3) is 0 Å². The second-order valence-electron chi connectivity index (χ2n) is 8.24. The van der Waals surface area contributed by atoms with Crippen LogP contribution in [0.4, 0.5) is 10.2 Å². The lowest BCUT2D eigenvalue weighted by atomic mass is 10.1. The number of aromatic nitrogens is 5. The molecule has 3 aromatic heterocycles. The number of likely N-dealkylation sites (tertiary alicyclic amines) is 1. The fourth-order valence-electron chi connectivity index (χ4n) is 4.45. The Labute approximate surface area is 189 Å². The van der Waals surface area contributed by atoms with Gasteiger partial charge in [-0.15, -0.1) is 0 Å². The Morgan fingerprint density at radius 1 is 1.30 bits per heavy atom. The molecule has 8 nitrogen and oxygen atoms in total. The van der Waals surface area contributed by atoms with Crippen molar-refractivity contribution in [2.24, 2.45) is 7.05 Å². The van der Waals surface area contributed by atoms with Crippen LogP contribution in [-0.2, 0) is 11.8 Å². The van der Waals surface area contributed by atoms with Gasteiger partial charge in [0.05, 0.1) is 39.9 Å². The van der Waals surface area contributed by atoms with Gasteiger partial charge in [-0.1, -0.05) is 12.5 Å². The third-order valence-electron chi connectivity index (χ3n) is 6.14. The number of aryl methyl sites for hydroxylation is 1. The number of benzene rings is 1. The summed E-state index contributed by atoms with van der Waals surface area (Å²) in [6.07, 6.45) is 5.31. The zero-order valence-corrected chi connectivity index (χ0v) is 18.3. The molecule has 2 N–H and O–H groups in total. The molecule has 33 heavy (non-hydrogen) atoms. The van der Waals surface area contributed by atoms with Crippen LogP contribution in [0.3, 0.4) is 0 Å². The van der Waals surface area contributed by atoms with Crippen LogP contribution < -0.4 is 5.73 Å². The van der Waals surface area contributed by atoms with Crippen LogP contribution in [0.5, 0.6) is 0 Å². The van der Waals surface area contributed by atoms with Gasteiger partial charge in [-0.05, 0) is 37.5 Å². The number of nitrogen functional groups attached to an aromatic ring is 1. The maximum atomic E-state index is 14.7. The molecule has 1 aliphatic heterocycles. The Balaban J connectivity index is 1.58. The summed E-state index contributed by atoms with van der Waals surface area (Å²) < 4.78 is 18.3. The van der Waals surface area contributed by atoms with Crippen LogP contribution in [0.25, 0.3) is 21.9 Å². The second-order valence-corrected chi connectivity index (χ2v) is 8.24. The van der Waals surface area contributed by atoms with E-state index in [1.807, 2.05) is 24.7 Å². The molecule has 5 rings (SSSR count). The normalized spacial score (nSPS) is 18.0. The van der Waals surface area contributed by atoms with E-state index < -0.39 is 5.82 Å². The number of nitrogens with two attached hydrogens (primary N) is 1. The summed E-state index contributed by atoms with van der Waals surface area (Å²) in [5.41, 5.74) is 8.94. The zero-order valence-electron chi connectivity index (χ0n) is 18.3. The van der Waals surface area contributed by atoms with E-state index in [2.05, 4.69) is 28.4 Å². The molecule has 1 aromatic carbocycles. The minimum Gasteiger partial charge on any atom is -0.383 e. The van der Waals surface area contributed by atoms with Gasteiger partial charge in [0, 0.05) is 31.9 Å². The van der Waals surface area contributed by atoms with Gasteiger partial charge >= 0.3 is 0 Å². The number of amides is 1. The summed E-state index contributed by atoms with van der Waals surface area (Å²) in [4.78, 5) is 22.4. The Kier molecular flexibility index (Phi) is 4.86. The number of pyridine rings is 1. The number of anilines is 1. The fourth-order valence-corrected chi connectivity index (χ4v) is 4.45. The number of hydrogen-bond acceptors (Lipinski definition) is 5. The quantitative estimate of drug-likeness (QED) is 0.380. The van der Waals surface area contributed by atoms with Crippen molar-refractivity contribution in [1.29, 1.82) is 0 Å². The van der Waals surface area contributed by atoms with Crippen molar-refractivity contribution in [2.75, 3.05) is 12.3 Å². The summed E-state index contributed by atoms with van der Waals surface area (Å²) in [7, 11) is 1.81. The molecule has 1 saturated heterocycles. The lowest BCUT2D eigenvalue weighted by Gasteiger charge is -2.19. The Morgan fingerprint density at radius 2 is 2.12 bits per heavy atom. The van der Waals surface area contributed by atoms with E-state index in [4.69, 9.17) is 10.8 Å². The minimum absolute atomic E-state index is 0.0488. The Bertz CT molecular complexity index is 1490. The lowest BCUT2D eigenvalue weighted by molar-refractivity contribution is -0.126. The summed E-state index contributed by atoms with van der Waals surface area (Å²) in [5.74, 6) is 5.63. The number of carbonyl (C=O) groups excluding carboxylic acids is 1. The number of hydrogen-bond donors (Lipinski definition) is 1. The first-order valence-corrected chi connectivity index (χ1v) is 10.6. The van der Waals surface area contributed by atoms with E-state index in [0.717, 1.165) is 11.9 Å². The van der Waals surface area contributed by atoms with Crippen LogP contribution in [0.15, 0.2) is 43.4 Å². The first-order chi connectivity index (χ1) is 15.9. The van der Waals surface area contributed by atoms with E-state index in [9.17, 15) is 9.18 Å². The number of rotatable bonds is 2. The number of fused-ring (bicyclic) bond motifs is 2. The van der Waals surface area contributed by atoms with E-state index in [1.165, 1.54) is 12.1 Å². The maximum absolute atomic E-state index is 14.7. The van der Waals surface area contributed by atoms with Crippen molar-refractivity contribution in [3.8, 4) is 11.8 Å². The van der Waals surface area contributed by atoms with Crippen LogP contribution in [0.1, 0.15) is 30.6 Å². The van der Waals surface area contributed by atoms with E-state index in [-0.39, 0.29) is 23.6 Å². The molecule has 0 saturated carbocycles.